The number of esters is 1. The van der Waals surface area contributed by atoms with E-state index in [1.165, 1.54) is 0 Å². The molecule has 0 aliphatic heterocycles. The van der Waals surface area contributed by atoms with Crippen molar-refractivity contribution in [1.29, 1.82) is 5.26 Å². The molecule has 102 valence electrons. The molecule has 0 bridgehead atoms. The lowest BCUT2D eigenvalue weighted by Crippen LogP contribution is -2.42. The van der Waals surface area contributed by atoms with E-state index < -0.39 is 21.7 Å². The molecule has 7 heteroatoms. The van der Waals surface area contributed by atoms with Crippen molar-refractivity contribution in [1.82, 2.24) is 4.31 Å². The van der Waals surface area contributed by atoms with Crippen LogP contribution in [0.1, 0.15) is 32.6 Å². The Morgan fingerprint density at radius 2 is 2.06 bits per heavy atom. The summed E-state index contributed by atoms with van der Waals surface area (Å²) in [5.74, 6) is -1.45. The van der Waals surface area contributed by atoms with Crippen molar-refractivity contribution >= 4 is 16.0 Å². The highest BCUT2D eigenvalue weighted by Gasteiger charge is 2.33. The van der Waals surface area contributed by atoms with Crippen molar-refractivity contribution in [3.8, 4) is 6.07 Å². The molecule has 0 heterocycles. The third kappa shape index (κ3) is 3.96. The number of nitriles is 1. The summed E-state index contributed by atoms with van der Waals surface area (Å²) in [5.41, 5.74) is 0. The molecule has 0 atom stereocenters. The van der Waals surface area contributed by atoms with Crippen LogP contribution in [-0.2, 0) is 19.6 Å². The zero-order chi connectivity index (χ0) is 13.6. The van der Waals surface area contributed by atoms with Crippen molar-refractivity contribution in [2.24, 2.45) is 0 Å². The standard InChI is InChI=1S/C11H18N2O4S/c1-2-17-11(14)9-18(15,16)13(8-7-12)10-5-3-4-6-10/h10H,2-6,8-9H2,1H3. The third-order valence-corrected chi connectivity index (χ3v) is 4.66. The van der Waals surface area contributed by atoms with Crippen molar-refractivity contribution in [2.45, 2.75) is 38.6 Å². The van der Waals surface area contributed by atoms with E-state index in [2.05, 4.69) is 4.74 Å². The highest BCUT2D eigenvalue weighted by molar-refractivity contribution is 7.89. The van der Waals surface area contributed by atoms with Gasteiger partial charge < -0.3 is 4.74 Å². The van der Waals surface area contributed by atoms with Gasteiger partial charge in [0.25, 0.3) is 0 Å². The molecule has 6 nitrogen and oxygen atoms in total. The molecule has 1 aliphatic carbocycles. The van der Waals surface area contributed by atoms with E-state index in [1.807, 2.05) is 6.07 Å². The smallest absolute Gasteiger partial charge is 0.322 e. The number of sulfonamides is 1. The average molecular weight is 274 g/mol. The van der Waals surface area contributed by atoms with E-state index >= 15 is 0 Å². The van der Waals surface area contributed by atoms with Gasteiger partial charge in [0.15, 0.2) is 5.75 Å². The number of hydrogen-bond donors (Lipinski definition) is 0. The van der Waals surface area contributed by atoms with Crippen LogP contribution in [0.4, 0.5) is 0 Å². The first kappa shape index (κ1) is 14.9. The Balaban J connectivity index is 2.77. The van der Waals surface area contributed by atoms with Crippen molar-refractivity contribution in [2.75, 3.05) is 18.9 Å². The zero-order valence-electron chi connectivity index (χ0n) is 10.5. The maximum absolute atomic E-state index is 12.1. The first-order chi connectivity index (χ1) is 8.51. The number of carbonyl (C=O) groups excluding carboxylic acids is 1. The van der Waals surface area contributed by atoms with E-state index in [0.29, 0.717) is 0 Å². The summed E-state index contributed by atoms with van der Waals surface area (Å²) in [6, 6.07) is 1.70. The van der Waals surface area contributed by atoms with Crippen molar-refractivity contribution in [3.05, 3.63) is 0 Å². The molecule has 0 spiro atoms. The second kappa shape index (κ2) is 6.71. The fraction of sp³-hybridized carbons (Fsp3) is 0.818. The Bertz CT molecular complexity index is 421. The number of nitrogens with zero attached hydrogens (tertiary/aromatic N) is 2. The molecule has 0 aromatic heterocycles. The fourth-order valence-electron chi connectivity index (χ4n) is 2.15. The van der Waals surface area contributed by atoms with Gasteiger partial charge in [-0.05, 0) is 19.8 Å². The van der Waals surface area contributed by atoms with E-state index in [1.54, 1.807) is 6.92 Å². The predicted octanol–water partition coefficient (Wildman–Crippen LogP) is 0.647. The van der Waals surface area contributed by atoms with Crippen molar-refractivity contribution in [3.63, 3.8) is 0 Å². The highest BCUT2D eigenvalue weighted by Crippen LogP contribution is 2.25. The summed E-state index contributed by atoms with van der Waals surface area (Å²) in [6.07, 6.45) is 3.43. The molecule has 0 unspecified atom stereocenters. The fourth-order valence-corrected chi connectivity index (χ4v) is 3.62. The van der Waals surface area contributed by atoms with Gasteiger partial charge in [0.2, 0.25) is 10.0 Å². The van der Waals surface area contributed by atoms with Gasteiger partial charge in [-0.25, -0.2) is 8.42 Å². The van der Waals surface area contributed by atoms with Gasteiger partial charge in [0.05, 0.1) is 12.7 Å². The number of carbonyl (C=O) groups is 1. The van der Waals surface area contributed by atoms with Crippen molar-refractivity contribution < 1.29 is 17.9 Å². The molecule has 1 rings (SSSR count). The van der Waals surface area contributed by atoms with E-state index in [9.17, 15) is 13.2 Å². The minimum atomic E-state index is -3.75. The maximum Gasteiger partial charge on any atom is 0.322 e. The molecular weight excluding hydrogens is 256 g/mol. The largest absolute Gasteiger partial charge is 0.465 e. The lowest BCUT2D eigenvalue weighted by molar-refractivity contribution is -0.140. The van der Waals surface area contributed by atoms with Gasteiger partial charge >= 0.3 is 5.97 Å². The number of hydrogen-bond acceptors (Lipinski definition) is 5. The third-order valence-electron chi connectivity index (χ3n) is 2.92. The molecule has 0 amide bonds. The quantitative estimate of drug-likeness (QED) is 0.524. The van der Waals surface area contributed by atoms with E-state index in [-0.39, 0.29) is 19.2 Å². The molecule has 0 saturated heterocycles. The monoisotopic (exact) mass is 274 g/mol. The van der Waals surface area contributed by atoms with Crippen LogP contribution in [0.25, 0.3) is 0 Å². The summed E-state index contributed by atoms with van der Waals surface area (Å²) >= 11 is 0. The number of rotatable bonds is 6. The van der Waals surface area contributed by atoms with Gasteiger partial charge in [0.1, 0.15) is 6.54 Å². The molecule has 0 N–H and O–H groups in total. The lowest BCUT2D eigenvalue weighted by Gasteiger charge is -2.24. The van der Waals surface area contributed by atoms with Crippen LogP contribution in [0.3, 0.4) is 0 Å². The van der Waals surface area contributed by atoms with Gasteiger partial charge in [-0.3, -0.25) is 4.79 Å². The molecule has 1 saturated carbocycles. The van der Waals surface area contributed by atoms with Gasteiger partial charge in [0, 0.05) is 6.04 Å². The SMILES string of the molecule is CCOC(=O)CS(=O)(=O)N(CC#N)C1CCCC1. The summed E-state index contributed by atoms with van der Waals surface area (Å²) in [6.45, 7) is 1.57. The maximum atomic E-state index is 12.1. The molecular formula is C11H18N2O4S. The van der Waals surface area contributed by atoms with Crippen LogP contribution in [0.2, 0.25) is 0 Å². The molecule has 1 aliphatic rings. The first-order valence-electron chi connectivity index (χ1n) is 6.03. The molecule has 0 radical (unpaired) electrons. The Morgan fingerprint density at radius 1 is 1.44 bits per heavy atom. The average Bonchev–Trinajstić information content (AvgIpc) is 2.78. The first-order valence-corrected chi connectivity index (χ1v) is 7.64. The molecule has 18 heavy (non-hydrogen) atoms. The minimum absolute atomic E-state index is 0.149. The van der Waals surface area contributed by atoms with Gasteiger partial charge in [-0.15, -0.1) is 0 Å². The summed E-state index contributed by atoms with van der Waals surface area (Å²) in [7, 11) is -3.75. The van der Waals surface area contributed by atoms with Crippen LogP contribution in [0.5, 0.6) is 0 Å². The van der Waals surface area contributed by atoms with Gasteiger partial charge in [-0.2, -0.15) is 9.57 Å². The second-order valence-electron chi connectivity index (χ2n) is 4.20. The Morgan fingerprint density at radius 3 is 2.56 bits per heavy atom. The Kier molecular flexibility index (Phi) is 5.56. The Labute approximate surface area is 108 Å². The number of ether oxygens (including phenoxy) is 1. The summed E-state index contributed by atoms with van der Waals surface area (Å²) in [4.78, 5) is 11.3. The second-order valence-corrected chi connectivity index (χ2v) is 6.12. The predicted molar refractivity (Wildman–Crippen MR) is 65.0 cm³/mol. The topological polar surface area (TPSA) is 87.5 Å². The highest BCUT2D eigenvalue weighted by atomic mass is 32.2. The van der Waals surface area contributed by atoms with E-state index in [4.69, 9.17) is 5.26 Å². The van der Waals surface area contributed by atoms with Crippen LogP contribution in [-0.4, -0.2) is 43.6 Å². The minimum Gasteiger partial charge on any atom is -0.465 e. The molecule has 0 aromatic carbocycles. The zero-order valence-corrected chi connectivity index (χ0v) is 11.3. The molecule has 0 aromatic rings. The molecule has 1 fully saturated rings. The van der Waals surface area contributed by atoms with Crippen LogP contribution in [0, 0.1) is 11.3 Å². The van der Waals surface area contributed by atoms with Gasteiger partial charge in [-0.1, -0.05) is 12.8 Å². The normalized spacial score (nSPS) is 16.7. The summed E-state index contributed by atoms with van der Waals surface area (Å²) < 4.78 is 29.9. The van der Waals surface area contributed by atoms with E-state index in [0.717, 1.165) is 30.0 Å². The van der Waals surface area contributed by atoms with Crippen LogP contribution < -0.4 is 0 Å². The summed E-state index contributed by atoms with van der Waals surface area (Å²) in [5, 5.41) is 8.73. The van der Waals surface area contributed by atoms with Crippen LogP contribution in [0.15, 0.2) is 0 Å². The lowest BCUT2D eigenvalue weighted by atomic mass is 10.2. The van der Waals surface area contributed by atoms with Crippen LogP contribution >= 0.6 is 0 Å². The Hall–Kier alpha value is -1.13.